The number of benzene rings is 3. The Morgan fingerprint density at radius 1 is 1.06 bits per heavy atom. The molecular formula is C27H22ClN5O2. The number of carbonyl (C=O) groups excluding carboxylic acids is 1. The predicted molar refractivity (Wildman–Crippen MR) is 138 cm³/mol. The van der Waals surface area contributed by atoms with Gasteiger partial charge in [0.15, 0.2) is 0 Å². The number of hydrogen-bond acceptors (Lipinski definition) is 5. The third-order valence-corrected chi connectivity index (χ3v) is 5.79. The Labute approximate surface area is 207 Å². The number of hydrogen-bond donors (Lipinski definition) is 2. The van der Waals surface area contributed by atoms with Crippen LogP contribution in [0.15, 0.2) is 91.0 Å². The van der Waals surface area contributed by atoms with Crippen molar-refractivity contribution in [3.63, 3.8) is 0 Å². The van der Waals surface area contributed by atoms with Crippen molar-refractivity contribution >= 4 is 41.2 Å². The fraction of sp³-hybridized carbons (Fsp3) is 0.0741. The molecule has 1 amide bonds. The standard InChI is InChI=1S/C27H22ClN5O2/c1-35-22-14-10-20(11-15-22)24-17-23(19-8-12-21(28)13-9-19)29-27-31-26(32-33(24)27)30-25(34)16-7-18-5-3-2-4-6-18/h2-17,24H,1H3,(H2,29,30,31,32,34)/b16-7+/t24-/m1/s1. The first-order valence-corrected chi connectivity index (χ1v) is 11.4. The minimum absolute atomic E-state index is 0.208. The number of halogens is 1. The Morgan fingerprint density at radius 3 is 2.51 bits per heavy atom. The van der Waals surface area contributed by atoms with Gasteiger partial charge >= 0.3 is 0 Å². The summed E-state index contributed by atoms with van der Waals surface area (Å²) < 4.78 is 7.05. The summed E-state index contributed by atoms with van der Waals surface area (Å²) in [4.78, 5) is 17.0. The van der Waals surface area contributed by atoms with Gasteiger partial charge in [0, 0.05) is 16.8 Å². The first-order valence-electron chi connectivity index (χ1n) is 11.0. The predicted octanol–water partition coefficient (Wildman–Crippen LogP) is 5.65. The van der Waals surface area contributed by atoms with E-state index in [2.05, 4.69) is 26.8 Å². The van der Waals surface area contributed by atoms with Crippen molar-refractivity contribution in [3.8, 4) is 5.75 Å². The molecule has 0 unspecified atom stereocenters. The first kappa shape index (κ1) is 22.4. The van der Waals surface area contributed by atoms with E-state index in [-0.39, 0.29) is 17.9 Å². The monoisotopic (exact) mass is 483 g/mol. The highest BCUT2D eigenvalue weighted by Gasteiger charge is 2.25. The summed E-state index contributed by atoms with van der Waals surface area (Å²) in [6.45, 7) is 0. The second-order valence-corrected chi connectivity index (χ2v) is 8.30. The average Bonchev–Trinajstić information content (AvgIpc) is 3.30. The highest BCUT2D eigenvalue weighted by Crippen LogP contribution is 2.34. The number of amides is 1. The van der Waals surface area contributed by atoms with Gasteiger partial charge in [0.1, 0.15) is 11.8 Å². The van der Waals surface area contributed by atoms with Crippen LogP contribution >= 0.6 is 11.6 Å². The van der Waals surface area contributed by atoms with Crippen molar-refractivity contribution in [1.82, 2.24) is 14.8 Å². The van der Waals surface area contributed by atoms with Gasteiger partial charge in [0.25, 0.3) is 11.9 Å². The number of anilines is 2. The third kappa shape index (κ3) is 5.10. The van der Waals surface area contributed by atoms with E-state index >= 15 is 0 Å². The van der Waals surface area contributed by atoms with Crippen LogP contribution in [-0.2, 0) is 4.79 Å². The molecule has 7 nitrogen and oxygen atoms in total. The summed E-state index contributed by atoms with van der Waals surface area (Å²) in [5, 5.41) is 11.3. The molecule has 4 aromatic rings. The second-order valence-electron chi connectivity index (χ2n) is 7.87. The van der Waals surface area contributed by atoms with Crippen molar-refractivity contribution in [2.75, 3.05) is 17.7 Å². The number of fused-ring (bicyclic) bond motifs is 1. The van der Waals surface area contributed by atoms with Gasteiger partial charge in [-0.1, -0.05) is 66.2 Å². The summed E-state index contributed by atoms with van der Waals surface area (Å²) in [5.74, 6) is 1.17. The van der Waals surface area contributed by atoms with Crippen LogP contribution < -0.4 is 15.4 Å². The largest absolute Gasteiger partial charge is 0.497 e. The lowest BCUT2D eigenvalue weighted by Crippen LogP contribution is -2.20. The van der Waals surface area contributed by atoms with Crippen LogP contribution in [0.5, 0.6) is 5.75 Å². The van der Waals surface area contributed by atoms with E-state index in [4.69, 9.17) is 16.3 Å². The number of aromatic nitrogens is 3. The van der Waals surface area contributed by atoms with Crippen molar-refractivity contribution in [2.24, 2.45) is 0 Å². The molecule has 2 N–H and O–H groups in total. The molecule has 0 radical (unpaired) electrons. The Bertz CT molecular complexity index is 1390. The molecule has 35 heavy (non-hydrogen) atoms. The third-order valence-electron chi connectivity index (χ3n) is 5.54. The average molecular weight is 484 g/mol. The maximum atomic E-state index is 12.5. The van der Waals surface area contributed by atoms with Crippen LogP contribution in [0.25, 0.3) is 11.8 Å². The highest BCUT2D eigenvalue weighted by atomic mass is 35.5. The molecule has 0 saturated heterocycles. The van der Waals surface area contributed by atoms with Crippen LogP contribution in [0.1, 0.15) is 22.7 Å². The van der Waals surface area contributed by atoms with Gasteiger partial charge in [-0.25, -0.2) is 4.68 Å². The van der Waals surface area contributed by atoms with E-state index in [1.54, 1.807) is 17.9 Å². The molecule has 1 aromatic heterocycles. The lowest BCUT2D eigenvalue weighted by Gasteiger charge is -2.24. The summed E-state index contributed by atoms with van der Waals surface area (Å²) in [6.07, 6.45) is 5.26. The van der Waals surface area contributed by atoms with Gasteiger partial charge in [-0.3, -0.25) is 10.1 Å². The second kappa shape index (κ2) is 9.87. The maximum absolute atomic E-state index is 12.5. The Balaban J connectivity index is 1.44. The summed E-state index contributed by atoms with van der Waals surface area (Å²) in [6, 6.07) is 24.7. The van der Waals surface area contributed by atoms with Gasteiger partial charge in [-0.2, -0.15) is 4.98 Å². The molecule has 2 heterocycles. The highest BCUT2D eigenvalue weighted by molar-refractivity contribution is 6.30. The number of rotatable bonds is 6. The number of allylic oxidation sites excluding steroid dienone is 1. The summed E-state index contributed by atoms with van der Waals surface area (Å²) in [7, 11) is 1.63. The number of methoxy groups -OCH3 is 1. The van der Waals surface area contributed by atoms with Crippen molar-refractivity contribution in [3.05, 3.63) is 113 Å². The van der Waals surface area contributed by atoms with Crippen LogP contribution in [-0.4, -0.2) is 27.8 Å². The van der Waals surface area contributed by atoms with E-state index < -0.39 is 0 Å². The van der Waals surface area contributed by atoms with Gasteiger partial charge < -0.3 is 10.1 Å². The SMILES string of the molecule is COc1ccc([C@H]2C=C(c3ccc(Cl)cc3)Nc3nc(NC(=O)/C=C/c4ccccc4)nn32)cc1. The van der Waals surface area contributed by atoms with E-state index in [1.165, 1.54) is 6.08 Å². The van der Waals surface area contributed by atoms with Crippen molar-refractivity contribution in [2.45, 2.75) is 6.04 Å². The zero-order valence-corrected chi connectivity index (χ0v) is 19.6. The fourth-order valence-electron chi connectivity index (χ4n) is 3.77. The normalized spacial score (nSPS) is 14.7. The Kier molecular flexibility index (Phi) is 6.32. The Hall–Kier alpha value is -4.36. The zero-order chi connectivity index (χ0) is 24.2. The van der Waals surface area contributed by atoms with Crippen LogP contribution in [0.3, 0.4) is 0 Å². The van der Waals surface area contributed by atoms with Crippen molar-refractivity contribution in [1.29, 1.82) is 0 Å². The summed E-state index contributed by atoms with van der Waals surface area (Å²) in [5.41, 5.74) is 3.74. The van der Waals surface area contributed by atoms with Crippen LogP contribution in [0, 0.1) is 0 Å². The van der Waals surface area contributed by atoms with Crippen molar-refractivity contribution < 1.29 is 9.53 Å². The molecule has 1 aliphatic rings. The molecule has 3 aromatic carbocycles. The lowest BCUT2D eigenvalue weighted by molar-refractivity contribution is -0.111. The minimum atomic E-state index is -0.316. The van der Waals surface area contributed by atoms with E-state index in [0.29, 0.717) is 11.0 Å². The molecule has 1 atom stereocenters. The first-order chi connectivity index (χ1) is 17.1. The maximum Gasteiger partial charge on any atom is 0.250 e. The smallest absolute Gasteiger partial charge is 0.250 e. The zero-order valence-electron chi connectivity index (χ0n) is 18.9. The molecule has 0 saturated carbocycles. The van der Waals surface area contributed by atoms with Gasteiger partial charge in [0.2, 0.25) is 5.95 Å². The minimum Gasteiger partial charge on any atom is -0.497 e. The Morgan fingerprint density at radius 2 is 1.80 bits per heavy atom. The van der Waals surface area contributed by atoms with Gasteiger partial charge in [-0.05, 0) is 53.1 Å². The number of nitrogens with one attached hydrogen (secondary N) is 2. The van der Waals surface area contributed by atoms with Gasteiger partial charge in [0.05, 0.1) is 7.11 Å². The van der Waals surface area contributed by atoms with Gasteiger partial charge in [-0.15, -0.1) is 5.10 Å². The van der Waals surface area contributed by atoms with E-state index in [1.807, 2.05) is 78.9 Å². The number of carbonyl (C=O) groups is 1. The molecule has 5 rings (SSSR count). The molecule has 0 fully saturated rings. The number of ether oxygens (including phenoxy) is 1. The fourth-order valence-corrected chi connectivity index (χ4v) is 3.90. The topological polar surface area (TPSA) is 81.1 Å². The lowest BCUT2D eigenvalue weighted by atomic mass is 10.0. The van der Waals surface area contributed by atoms with E-state index in [9.17, 15) is 4.79 Å². The quantitative estimate of drug-likeness (QED) is 0.346. The molecule has 1 aliphatic heterocycles. The van der Waals surface area contributed by atoms with Crippen LogP contribution in [0.4, 0.5) is 11.9 Å². The molecule has 8 heteroatoms. The van der Waals surface area contributed by atoms with Crippen LogP contribution in [0.2, 0.25) is 5.02 Å². The molecule has 0 aliphatic carbocycles. The van der Waals surface area contributed by atoms with E-state index in [0.717, 1.165) is 28.1 Å². The number of nitrogens with zero attached hydrogens (tertiary/aromatic N) is 3. The molecular weight excluding hydrogens is 462 g/mol. The molecule has 0 spiro atoms. The summed E-state index contributed by atoms with van der Waals surface area (Å²) >= 11 is 6.08. The molecule has 0 bridgehead atoms. The molecule has 174 valence electrons.